The number of hydrogen-bond acceptors (Lipinski definition) is 6. The van der Waals surface area contributed by atoms with Crippen molar-refractivity contribution >= 4 is 21.9 Å². The van der Waals surface area contributed by atoms with E-state index in [1.54, 1.807) is 0 Å². The van der Waals surface area contributed by atoms with Gasteiger partial charge in [0, 0.05) is 11.0 Å². The molecule has 1 aliphatic heterocycles. The third-order valence-electron chi connectivity index (χ3n) is 4.06. The summed E-state index contributed by atoms with van der Waals surface area (Å²) in [6.07, 6.45) is 1.84. The first-order valence-electron chi connectivity index (χ1n) is 8.13. The van der Waals surface area contributed by atoms with E-state index in [4.69, 9.17) is 9.15 Å². The Balaban J connectivity index is 1.64. The second kappa shape index (κ2) is 7.90. The van der Waals surface area contributed by atoms with Crippen molar-refractivity contribution in [2.45, 2.75) is 26.3 Å². The van der Waals surface area contributed by atoms with Crippen molar-refractivity contribution in [3.05, 3.63) is 34.6 Å². The number of benzene rings is 1. The first-order chi connectivity index (χ1) is 11.7. The van der Waals surface area contributed by atoms with Gasteiger partial charge in [-0.05, 0) is 54.4 Å². The van der Waals surface area contributed by atoms with Crippen LogP contribution in [0.5, 0.6) is 0 Å². The first-order valence-corrected chi connectivity index (χ1v) is 8.93. The highest BCUT2D eigenvalue weighted by Crippen LogP contribution is 2.27. The van der Waals surface area contributed by atoms with Crippen molar-refractivity contribution < 1.29 is 13.9 Å². The number of nitrogens with zero attached hydrogens (tertiary/aromatic N) is 3. The lowest BCUT2D eigenvalue weighted by Gasteiger charge is -2.30. The Labute approximate surface area is 149 Å². The smallest absolute Gasteiger partial charge is 0.310 e. The number of esters is 1. The van der Waals surface area contributed by atoms with Crippen LogP contribution >= 0.6 is 15.9 Å². The fraction of sp³-hybridized carbons (Fsp3) is 0.471. The molecule has 2 aromatic rings. The molecule has 2 heterocycles. The molecule has 1 saturated heterocycles. The molecule has 1 atom stereocenters. The third-order valence-corrected chi connectivity index (χ3v) is 4.75. The molecule has 1 unspecified atom stereocenters. The lowest BCUT2D eigenvalue weighted by atomic mass is 9.98. The van der Waals surface area contributed by atoms with E-state index in [0.29, 0.717) is 31.5 Å². The van der Waals surface area contributed by atoms with Crippen LogP contribution in [0.2, 0.25) is 0 Å². The topological polar surface area (TPSA) is 68.5 Å². The molecular formula is C17H20BrN3O3. The minimum absolute atomic E-state index is 0.0654. The molecule has 1 aromatic heterocycles. The van der Waals surface area contributed by atoms with Crippen molar-refractivity contribution in [1.82, 2.24) is 15.1 Å². The van der Waals surface area contributed by atoms with Crippen LogP contribution in [0, 0.1) is 5.92 Å². The summed E-state index contributed by atoms with van der Waals surface area (Å²) in [5, 5.41) is 8.27. The SMILES string of the molecule is CCOC(=O)C1CCCN(Cc2nnc(-c3ccccc3Br)o2)C1. The van der Waals surface area contributed by atoms with Gasteiger partial charge in [0.25, 0.3) is 0 Å². The summed E-state index contributed by atoms with van der Waals surface area (Å²) in [5.41, 5.74) is 0.874. The number of carbonyl (C=O) groups excluding carboxylic acids is 1. The fourth-order valence-electron chi connectivity index (χ4n) is 2.90. The Kier molecular flexibility index (Phi) is 5.63. The van der Waals surface area contributed by atoms with Gasteiger partial charge in [0.05, 0.1) is 24.6 Å². The van der Waals surface area contributed by atoms with E-state index >= 15 is 0 Å². The summed E-state index contributed by atoms with van der Waals surface area (Å²) in [4.78, 5) is 14.1. The van der Waals surface area contributed by atoms with Crippen LogP contribution < -0.4 is 0 Å². The number of rotatable bonds is 5. The molecule has 0 saturated carbocycles. The van der Waals surface area contributed by atoms with Gasteiger partial charge >= 0.3 is 5.97 Å². The number of halogens is 1. The highest BCUT2D eigenvalue weighted by Gasteiger charge is 2.27. The van der Waals surface area contributed by atoms with Gasteiger partial charge in [-0.25, -0.2) is 0 Å². The Morgan fingerprint density at radius 2 is 2.25 bits per heavy atom. The molecule has 3 rings (SSSR count). The van der Waals surface area contributed by atoms with Crippen LogP contribution in [-0.2, 0) is 16.1 Å². The van der Waals surface area contributed by atoms with Crippen molar-refractivity contribution in [2.75, 3.05) is 19.7 Å². The van der Waals surface area contributed by atoms with Gasteiger partial charge in [-0.1, -0.05) is 12.1 Å². The molecule has 7 heteroatoms. The highest BCUT2D eigenvalue weighted by atomic mass is 79.9. The Morgan fingerprint density at radius 1 is 1.42 bits per heavy atom. The minimum atomic E-state index is -0.110. The molecule has 0 spiro atoms. The average Bonchev–Trinajstić information content (AvgIpc) is 3.04. The molecule has 0 radical (unpaired) electrons. The summed E-state index contributed by atoms with van der Waals surface area (Å²) in [6, 6.07) is 7.74. The number of ether oxygens (including phenoxy) is 1. The van der Waals surface area contributed by atoms with Crippen LogP contribution in [0.25, 0.3) is 11.5 Å². The molecule has 1 fully saturated rings. The third kappa shape index (κ3) is 4.02. The number of aromatic nitrogens is 2. The molecule has 0 bridgehead atoms. The maximum atomic E-state index is 11.9. The molecule has 24 heavy (non-hydrogen) atoms. The Morgan fingerprint density at radius 3 is 3.04 bits per heavy atom. The lowest BCUT2D eigenvalue weighted by Crippen LogP contribution is -2.39. The van der Waals surface area contributed by atoms with E-state index < -0.39 is 0 Å². The Hall–Kier alpha value is -1.73. The summed E-state index contributed by atoms with van der Waals surface area (Å²) in [6.45, 7) is 4.40. The molecule has 1 aromatic carbocycles. The van der Waals surface area contributed by atoms with Gasteiger partial charge < -0.3 is 9.15 Å². The second-order valence-corrected chi connectivity index (χ2v) is 6.66. The summed E-state index contributed by atoms with van der Waals surface area (Å²) >= 11 is 3.49. The largest absolute Gasteiger partial charge is 0.466 e. The second-order valence-electron chi connectivity index (χ2n) is 5.81. The zero-order valence-electron chi connectivity index (χ0n) is 13.6. The molecular weight excluding hydrogens is 374 g/mol. The van der Waals surface area contributed by atoms with Gasteiger partial charge in [0.15, 0.2) is 0 Å². The average molecular weight is 394 g/mol. The van der Waals surface area contributed by atoms with Crippen LogP contribution in [0.1, 0.15) is 25.7 Å². The zero-order valence-corrected chi connectivity index (χ0v) is 15.2. The molecule has 0 N–H and O–H groups in total. The zero-order chi connectivity index (χ0) is 16.9. The normalized spacial score (nSPS) is 18.5. The highest BCUT2D eigenvalue weighted by molar-refractivity contribution is 9.10. The molecule has 0 amide bonds. The lowest BCUT2D eigenvalue weighted by molar-refractivity contribution is -0.150. The van der Waals surface area contributed by atoms with Crippen molar-refractivity contribution in [3.63, 3.8) is 0 Å². The van der Waals surface area contributed by atoms with Crippen LogP contribution in [0.4, 0.5) is 0 Å². The predicted molar refractivity (Wildman–Crippen MR) is 92.1 cm³/mol. The van der Waals surface area contributed by atoms with E-state index in [2.05, 4.69) is 31.0 Å². The standard InChI is InChI=1S/C17H20BrN3O3/c1-2-23-17(22)12-6-5-9-21(10-12)11-15-19-20-16(24-15)13-7-3-4-8-14(13)18/h3-4,7-8,12H,2,5-6,9-11H2,1H3. The summed E-state index contributed by atoms with van der Waals surface area (Å²) < 4.78 is 11.8. The van der Waals surface area contributed by atoms with Crippen LogP contribution in [-0.4, -0.2) is 40.8 Å². The van der Waals surface area contributed by atoms with E-state index in [1.807, 2.05) is 31.2 Å². The maximum Gasteiger partial charge on any atom is 0.310 e. The predicted octanol–water partition coefficient (Wildman–Crippen LogP) is 3.27. The van der Waals surface area contributed by atoms with Gasteiger partial charge in [-0.15, -0.1) is 10.2 Å². The van der Waals surface area contributed by atoms with E-state index in [-0.39, 0.29) is 11.9 Å². The van der Waals surface area contributed by atoms with E-state index in [1.165, 1.54) is 0 Å². The van der Waals surface area contributed by atoms with Gasteiger partial charge in [-0.2, -0.15) is 0 Å². The first kappa shape index (κ1) is 17.1. The van der Waals surface area contributed by atoms with Gasteiger partial charge in [0.2, 0.25) is 11.8 Å². The summed E-state index contributed by atoms with van der Waals surface area (Å²) in [7, 11) is 0. The molecule has 1 aliphatic rings. The number of carbonyl (C=O) groups is 1. The maximum absolute atomic E-state index is 11.9. The molecule has 0 aliphatic carbocycles. The number of likely N-dealkylation sites (tertiary alicyclic amines) is 1. The number of piperidine rings is 1. The fourth-order valence-corrected chi connectivity index (χ4v) is 3.36. The van der Waals surface area contributed by atoms with Crippen molar-refractivity contribution in [1.29, 1.82) is 0 Å². The monoisotopic (exact) mass is 393 g/mol. The van der Waals surface area contributed by atoms with Gasteiger partial charge in [0.1, 0.15) is 0 Å². The van der Waals surface area contributed by atoms with Crippen molar-refractivity contribution in [2.24, 2.45) is 5.92 Å². The van der Waals surface area contributed by atoms with E-state index in [0.717, 1.165) is 29.4 Å². The Bertz CT molecular complexity index is 704. The number of hydrogen-bond donors (Lipinski definition) is 0. The molecule has 128 valence electrons. The quantitative estimate of drug-likeness (QED) is 0.726. The van der Waals surface area contributed by atoms with Crippen LogP contribution in [0.3, 0.4) is 0 Å². The molecule has 6 nitrogen and oxygen atoms in total. The van der Waals surface area contributed by atoms with Gasteiger partial charge in [-0.3, -0.25) is 9.69 Å². The van der Waals surface area contributed by atoms with Crippen molar-refractivity contribution in [3.8, 4) is 11.5 Å². The minimum Gasteiger partial charge on any atom is -0.466 e. The summed E-state index contributed by atoms with van der Waals surface area (Å²) in [5.74, 6) is 0.882. The van der Waals surface area contributed by atoms with E-state index in [9.17, 15) is 4.79 Å². The van der Waals surface area contributed by atoms with Crippen LogP contribution in [0.15, 0.2) is 33.2 Å².